The Morgan fingerprint density at radius 3 is 3.12 bits per heavy atom. The van der Waals surface area contributed by atoms with E-state index in [1.165, 1.54) is 17.7 Å². The lowest BCUT2D eigenvalue weighted by Gasteiger charge is -2.30. The smallest absolute Gasteiger partial charge is 0.238 e. The first-order valence-corrected chi connectivity index (χ1v) is 7.23. The van der Waals surface area contributed by atoms with Crippen molar-refractivity contribution in [3.05, 3.63) is 20.8 Å². The molecule has 2 aliphatic heterocycles. The summed E-state index contributed by atoms with van der Waals surface area (Å²) in [6.07, 6.45) is 3.49. The Labute approximate surface area is 107 Å². The average Bonchev–Trinajstić information content (AvgIpc) is 2.84. The van der Waals surface area contributed by atoms with Gasteiger partial charge in [-0.1, -0.05) is 6.42 Å². The summed E-state index contributed by atoms with van der Waals surface area (Å²) in [6.45, 7) is 1.03. The monoisotopic (exact) mass is 300 g/mol. The van der Waals surface area contributed by atoms with Crippen molar-refractivity contribution in [2.75, 3.05) is 6.54 Å². The molecule has 0 bridgehead atoms. The van der Waals surface area contributed by atoms with E-state index in [1.807, 2.05) is 0 Å². The number of hydrogen-bond donors (Lipinski definition) is 1. The van der Waals surface area contributed by atoms with Crippen LogP contribution in [-0.2, 0) is 4.79 Å². The predicted molar refractivity (Wildman–Crippen MR) is 67.2 cm³/mol. The number of nitrogens with zero attached hydrogens (tertiary/aromatic N) is 1. The molecule has 3 heterocycles. The predicted octanol–water partition coefficient (Wildman–Crippen LogP) is 2.49. The zero-order valence-electron chi connectivity index (χ0n) is 8.78. The highest BCUT2D eigenvalue weighted by molar-refractivity contribution is 9.10. The van der Waals surface area contributed by atoms with Gasteiger partial charge < -0.3 is 5.32 Å². The van der Waals surface area contributed by atoms with Gasteiger partial charge in [-0.05, 0) is 34.8 Å². The minimum atomic E-state index is 0.106. The maximum absolute atomic E-state index is 11.8. The number of halogens is 1. The molecule has 0 saturated carbocycles. The molecule has 2 aliphatic rings. The van der Waals surface area contributed by atoms with Crippen LogP contribution < -0.4 is 5.32 Å². The molecular formula is C11H13BrN2OS. The third-order valence-electron chi connectivity index (χ3n) is 3.31. The number of carbonyl (C=O) groups is 1. The molecule has 5 heteroatoms. The van der Waals surface area contributed by atoms with Gasteiger partial charge >= 0.3 is 0 Å². The number of rotatable bonds is 1. The fourth-order valence-electron chi connectivity index (χ4n) is 2.56. The SMILES string of the molecule is O=C1N[C@H](c2cc(Br)cs2)N2CCCC[C@@H]12. The van der Waals surface area contributed by atoms with Gasteiger partial charge in [-0.15, -0.1) is 11.3 Å². The van der Waals surface area contributed by atoms with Crippen molar-refractivity contribution in [1.82, 2.24) is 10.2 Å². The van der Waals surface area contributed by atoms with Gasteiger partial charge in [0.05, 0.1) is 6.04 Å². The van der Waals surface area contributed by atoms with Crippen molar-refractivity contribution in [3.63, 3.8) is 0 Å². The van der Waals surface area contributed by atoms with Crippen LogP contribution in [0, 0.1) is 0 Å². The van der Waals surface area contributed by atoms with Gasteiger partial charge in [0.2, 0.25) is 5.91 Å². The van der Waals surface area contributed by atoms with Gasteiger partial charge in [-0.25, -0.2) is 0 Å². The topological polar surface area (TPSA) is 32.3 Å². The van der Waals surface area contributed by atoms with Crippen molar-refractivity contribution in [3.8, 4) is 0 Å². The second-order valence-electron chi connectivity index (χ2n) is 4.33. The van der Waals surface area contributed by atoms with E-state index in [9.17, 15) is 4.79 Å². The first-order valence-electron chi connectivity index (χ1n) is 5.56. The van der Waals surface area contributed by atoms with E-state index >= 15 is 0 Å². The Balaban J connectivity index is 1.88. The van der Waals surface area contributed by atoms with Crippen LogP contribution in [0.1, 0.15) is 30.3 Å². The van der Waals surface area contributed by atoms with Gasteiger partial charge in [-0.3, -0.25) is 9.69 Å². The van der Waals surface area contributed by atoms with Crippen molar-refractivity contribution < 1.29 is 4.79 Å². The Bertz CT molecular complexity index is 420. The molecule has 3 nitrogen and oxygen atoms in total. The van der Waals surface area contributed by atoms with Crippen LogP contribution >= 0.6 is 27.3 Å². The fraction of sp³-hybridized carbons (Fsp3) is 0.545. The average molecular weight is 301 g/mol. The number of nitrogens with one attached hydrogen (secondary N) is 1. The minimum Gasteiger partial charge on any atom is -0.334 e. The van der Waals surface area contributed by atoms with Crippen LogP contribution in [-0.4, -0.2) is 23.4 Å². The fourth-order valence-corrected chi connectivity index (χ4v) is 4.08. The molecule has 16 heavy (non-hydrogen) atoms. The quantitative estimate of drug-likeness (QED) is 0.864. The molecular weight excluding hydrogens is 288 g/mol. The van der Waals surface area contributed by atoms with Gasteiger partial charge in [-0.2, -0.15) is 0 Å². The number of hydrogen-bond acceptors (Lipinski definition) is 3. The molecule has 0 unspecified atom stereocenters. The third kappa shape index (κ3) is 1.71. The molecule has 0 aromatic carbocycles. The second-order valence-corrected chi connectivity index (χ2v) is 6.19. The van der Waals surface area contributed by atoms with Crippen LogP contribution in [0.15, 0.2) is 15.9 Å². The van der Waals surface area contributed by atoms with E-state index in [0.717, 1.165) is 17.4 Å². The second kappa shape index (κ2) is 4.13. The Morgan fingerprint density at radius 1 is 1.50 bits per heavy atom. The number of thiophene rings is 1. The largest absolute Gasteiger partial charge is 0.334 e. The highest BCUT2D eigenvalue weighted by Gasteiger charge is 2.41. The van der Waals surface area contributed by atoms with E-state index in [0.29, 0.717) is 0 Å². The molecule has 1 aromatic rings. The van der Waals surface area contributed by atoms with Crippen LogP contribution in [0.25, 0.3) is 0 Å². The van der Waals surface area contributed by atoms with Gasteiger partial charge in [0.15, 0.2) is 0 Å². The standard InChI is InChI=1S/C11H13BrN2OS/c12-7-5-9(16-6-7)10-13-11(15)8-3-1-2-4-14(8)10/h5-6,8,10H,1-4H2,(H,13,15)/t8-,10-/m0/s1. The summed E-state index contributed by atoms with van der Waals surface area (Å²) >= 11 is 5.16. The first-order chi connectivity index (χ1) is 7.75. The molecule has 86 valence electrons. The molecule has 2 saturated heterocycles. The van der Waals surface area contributed by atoms with E-state index < -0.39 is 0 Å². The summed E-state index contributed by atoms with van der Waals surface area (Å²) in [5.74, 6) is 0.203. The highest BCUT2D eigenvalue weighted by Crippen LogP contribution is 2.35. The van der Waals surface area contributed by atoms with Crippen molar-refractivity contribution in [1.29, 1.82) is 0 Å². The maximum atomic E-state index is 11.8. The van der Waals surface area contributed by atoms with Gasteiger partial charge in [0.25, 0.3) is 0 Å². The highest BCUT2D eigenvalue weighted by atomic mass is 79.9. The summed E-state index contributed by atoms with van der Waals surface area (Å²) < 4.78 is 1.10. The van der Waals surface area contributed by atoms with Crippen molar-refractivity contribution >= 4 is 33.2 Å². The summed E-state index contributed by atoms with van der Waals surface area (Å²) in [5, 5.41) is 5.17. The third-order valence-corrected chi connectivity index (χ3v) is 5.06. The number of amides is 1. The molecule has 2 fully saturated rings. The Kier molecular flexibility index (Phi) is 2.77. The lowest BCUT2D eigenvalue weighted by atomic mass is 10.0. The normalized spacial score (nSPS) is 30.2. The van der Waals surface area contributed by atoms with Crippen molar-refractivity contribution in [2.24, 2.45) is 0 Å². The van der Waals surface area contributed by atoms with Crippen LogP contribution in [0.4, 0.5) is 0 Å². The molecule has 1 aromatic heterocycles. The number of carbonyl (C=O) groups excluding carboxylic acids is 1. The Morgan fingerprint density at radius 2 is 2.38 bits per heavy atom. The lowest BCUT2D eigenvalue weighted by molar-refractivity contribution is -0.122. The summed E-state index contributed by atoms with van der Waals surface area (Å²) in [7, 11) is 0. The summed E-state index contributed by atoms with van der Waals surface area (Å²) in [6, 6.07) is 2.21. The van der Waals surface area contributed by atoms with Crippen molar-refractivity contribution in [2.45, 2.75) is 31.5 Å². The van der Waals surface area contributed by atoms with Gasteiger partial charge in [0.1, 0.15) is 6.17 Å². The van der Waals surface area contributed by atoms with Crippen LogP contribution in [0.3, 0.4) is 0 Å². The summed E-state index contributed by atoms with van der Waals surface area (Å²) in [4.78, 5) is 15.4. The molecule has 3 rings (SSSR count). The van der Waals surface area contributed by atoms with E-state index in [4.69, 9.17) is 0 Å². The lowest BCUT2D eigenvalue weighted by Crippen LogP contribution is -2.38. The zero-order valence-corrected chi connectivity index (χ0v) is 11.2. The number of piperidine rings is 1. The molecule has 1 N–H and O–H groups in total. The molecule has 2 atom stereocenters. The van der Waals surface area contributed by atoms with Crippen LogP contribution in [0.2, 0.25) is 0 Å². The zero-order chi connectivity index (χ0) is 11.1. The van der Waals surface area contributed by atoms with Gasteiger partial charge in [0, 0.05) is 21.3 Å². The Hall–Kier alpha value is -0.390. The molecule has 0 radical (unpaired) electrons. The molecule has 0 aliphatic carbocycles. The first kappa shape index (κ1) is 10.7. The maximum Gasteiger partial charge on any atom is 0.238 e. The van der Waals surface area contributed by atoms with E-state index in [1.54, 1.807) is 11.3 Å². The van der Waals surface area contributed by atoms with E-state index in [-0.39, 0.29) is 18.1 Å². The molecule has 1 amide bonds. The number of fused-ring (bicyclic) bond motifs is 1. The van der Waals surface area contributed by atoms with Crippen LogP contribution in [0.5, 0.6) is 0 Å². The minimum absolute atomic E-state index is 0.106. The summed E-state index contributed by atoms with van der Waals surface area (Å²) in [5.41, 5.74) is 0. The molecule has 0 spiro atoms. The van der Waals surface area contributed by atoms with E-state index in [2.05, 4.69) is 37.6 Å².